The van der Waals surface area contributed by atoms with Gasteiger partial charge >= 0.3 is 11.7 Å². The highest BCUT2D eigenvalue weighted by Gasteiger charge is 2.45. The highest BCUT2D eigenvalue weighted by Crippen LogP contribution is 2.51. The highest BCUT2D eigenvalue weighted by atomic mass is 31.2. The minimum Gasteiger partial charge on any atom is -0.497 e. The van der Waals surface area contributed by atoms with Gasteiger partial charge in [-0.1, -0.05) is 54.6 Å². The lowest BCUT2D eigenvalue weighted by atomic mass is 9.80. The first-order valence-corrected chi connectivity index (χ1v) is 25.8. The summed E-state index contributed by atoms with van der Waals surface area (Å²) in [5.74, 6) is 2.24. The summed E-state index contributed by atoms with van der Waals surface area (Å²) in [7, 11) is 1.49. The molecule has 3 heterocycles. The number of carbonyl (C=O) groups is 1. The van der Waals surface area contributed by atoms with Crippen molar-refractivity contribution in [3.8, 4) is 29.1 Å². The molecule has 7 rings (SSSR count). The van der Waals surface area contributed by atoms with Crippen LogP contribution in [-0.2, 0) is 38.3 Å². The van der Waals surface area contributed by atoms with Gasteiger partial charge in [0, 0.05) is 36.5 Å². The number of ether oxygens (including phenoxy) is 9. The zero-order chi connectivity index (χ0) is 52.3. The molecule has 20 heteroatoms. The third-order valence-electron chi connectivity index (χ3n) is 12.0. The summed E-state index contributed by atoms with van der Waals surface area (Å²) in [5, 5.41) is 14.9. The molecule has 74 heavy (non-hydrogen) atoms. The molecule has 5 aromatic rings. The van der Waals surface area contributed by atoms with Gasteiger partial charge in [0.2, 0.25) is 0 Å². The molecule has 0 saturated carbocycles. The Kier molecular flexibility index (Phi) is 21.0. The van der Waals surface area contributed by atoms with Crippen LogP contribution in [0.1, 0.15) is 63.5 Å². The molecular formula is C54H67N6O13P. The second-order valence-corrected chi connectivity index (χ2v) is 19.1. The monoisotopic (exact) mass is 1040 g/mol. The maximum Gasteiger partial charge on any atom is 0.351 e. The molecule has 1 aromatic heterocycles. The van der Waals surface area contributed by atoms with Crippen molar-refractivity contribution in [1.82, 2.24) is 14.2 Å². The fourth-order valence-electron chi connectivity index (χ4n) is 8.58. The molecule has 2 aliphatic heterocycles. The standard InChI is InChI=1S/C54H67N6O13P/c1-38(2)60(39(3)4)74(71-26-10-24-55)73-48-36-51(72-49(48)37-70-54(40-11-8-7-9-12-40,41-13-18-44(63-5)19-14-41)42-15-20-45(64-6)21-16-42)59-25-23-50(58-53(59)62)57-52(61)56-43-17-22-46-47(35-43)69-34-32-67-30-28-65-27-29-66-31-33-68-46/h7-9,11-23,25,35,38-39,48-49,51H,10,26-34,36-37H2,1-6H3,(H2,56,57,58,61,62)/t48-,49+,51+,74?/m0/s1. The Labute approximate surface area is 433 Å². The van der Waals surface area contributed by atoms with E-state index in [4.69, 9.17) is 51.7 Å². The maximum absolute atomic E-state index is 14.0. The summed E-state index contributed by atoms with van der Waals surface area (Å²) in [6.45, 7) is 11.3. The summed E-state index contributed by atoms with van der Waals surface area (Å²) >= 11 is 0. The lowest BCUT2D eigenvalue weighted by molar-refractivity contribution is -0.0925. The van der Waals surface area contributed by atoms with Gasteiger partial charge in [0.05, 0.1) is 85.7 Å². The van der Waals surface area contributed by atoms with Gasteiger partial charge in [0.15, 0.2) is 11.5 Å². The van der Waals surface area contributed by atoms with Crippen LogP contribution in [0.3, 0.4) is 0 Å². The van der Waals surface area contributed by atoms with Crippen LogP contribution in [0.25, 0.3) is 0 Å². The van der Waals surface area contributed by atoms with E-state index in [0.29, 0.717) is 68.3 Å². The van der Waals surface area contributed by atoms with Crippen molar-refractivity contribution in [3.63, 3.8) is 0 Å². The number of nitrogens with zero attached hydrogens (tertiary/aromatic N) is 4. The van der Waals surface area contributed by atoms with E-state index in [1.54, 1.807) is 32.4 Å². The lowest BCUT2D eigenvalue weighted by Gasteiger charge is -2.39. The number of amides is 2. The summed E-state index contributed by atoms with van der Waals surface area (Å²) in [4.78, 5) is 31.6. The van der Waals surface area contributed by atoms with E-state index in [0.717, 1.165) is 16.7 Å². The molecule has 1 fully saturated rings. The van der Waals surface area contributed by atoms with Crippen molar-refractivity contribution in [2.24, 2.45) is 0 Å². The molecule has 4 aromatic carbocycles. The van der Waals surface area contributed by atoms with Crippen molar-refractivity contribution in [3.05, 3.63) is 136 Å². The summed E-state index contributed by atoms with van der Waals surface area (Å²) < 4.78 is 70.7. The average Bonchev–Trinajstić information content (AvgIpc) is 3.79. The number of anilines is 2. The van der Waals surface area contributed by atoms with Crippen LogP contribution in [0.5, 0.6) is 23.0 Å². The third kappa shape index (κ3) is 14.8. The van der Waals surface area contributed by atoms with E-state index >= 15 is 0 Å². The molecule has 19 nitrogen and oxygen atoms in total. The fourth-order valence-corrected chi connectivity index (χ4v) is 10.3. The Balaban J connectivity index is 1.15. The minimum atomic E-state index is -1.75. The number of rotatable bonds is 19. The number of carbonyl (C=O) groups excluding carboxylic acids is 1. The molecule has 0 spiro atoms. The molecule has 396 valence electrons. The van der Waals surface area contributed by atoms with E-state index < -0.39 is 44.3 Å². The van der Waals surface area contributed by atoms with Crippen molar-refractivity contribution in [2.75, 3.05) is 90.9 Å². The predicted molar refractivity (Wildman–Crippen MR) is 278 cm³/mol. The van der Waals surface area contributed by atoms with E-state index in [1.165, 1.54) is 16.8 Å². The van der Waals surface area contributed by atoms with E-state index in [9.17, 15) is 14.9 Å². The number of fused-ring (bicyclic) bond motifs is 1. The first-order valence-electron chi connectivity index (χ1n) is 24.7. The topological polar surface area (TPSA) is 205 Å². The summed E-state index contributed by atoms with van der Waals surface area (Å²) in [6.07, 6.45) is -0.419. The number of aromatic nitrogens is 2. The molecule has 2 N–H and O–H groups in total. The second-order valence-electron chi connectivity index (χ2n) is 17.6. The largest absolute Gasteiger partial charge is 0.497 e. The van der Waals surface area contributed by atoms with Gasteiger partial charge in [-0.15, -0.1) is 0 Å². The van der Waals surface area contributed by atoms with Gasteiger partial charge in [-0.2, -0.15) is 10.2 Å². The summed E-state index contributed by atoms with van der Waals surface area (Å²) in [5.41, 5.74) is 1.03. The van der Waals surface area contributed by atoms with Crippen LogP contribution in [0, 0.1) is 11.3 Å². The second kappa shape index (κ2) is 27.9. The van der Waals surface area contributed by atoms with Crippen LogP contribution >= 0.6 is 8.53 Å². The van der Waals surface area contributed by atoms with Gasteiger partial charge in [-0.3, -0.25) is 9.88 Å². The molecular weight excluding hydrogens is 972 g/mol. The Hall–Kier alpha value is -6.17. The molecule has 2 amide bonds. The molecule has 1 saturated heterocycles. The van der Waals surface area contributed by atoms with Crippen LogP contribution in [0.15, 0.2) is 114 Å². The van der Waals surface area contributed by atoms with Crippen molar-refractivity contribution in [1.29, 1.82) is 5.26 Å². The maximum atomic E-state index is 14.0. The zero-order valence-electron chi connectivity index (χ0n) is 42.8. The predicted octanol–water partition coefficient (Wildman–Crippen LogP) is 8.68. The smallest absolute Gasteiger partial charge is 0.351 e. The lowest BCUT2D eigenvalue weighted by Crippen LogP contribution is -2.39. The third-order valence-corrected chi connectivity index (χ3v) is 14.2. The van der Waals surface area contributed by atoms with Crippen LogP contribution in [0.4, 0.5) is 16.3 Å². The number of benzene rings is 4. The molecule has 0 bridgehead atoms. The quantitative estimate of drug-likeness (QED) is 0.0451. The molecule has 2 aliphatic rings. The van der Waals surface area contributed by atoms with Gasteiger partial charge in [-0.25, -0.2) is 14.3 Å². The van der Waals surface area contributed by atoms with Gasteiger partial charge in [-0.05, 0) is 86.8 Å². The molecule has 0 aliphatic carbocycles. The van der Waals surface area contributed by atoms with E-state index in [2.05, 4.69) is 54.1 Å². The van der Waals surface area contributed by atoms with Gasteiger partial charge in [0.1, 0.15) is 48.5 Å². The first-order chi connectivity index (χ1) is 36.0. The number of hydrogen-bond donors (Lipinski definition) is 2. The van der Waals surface area contributed by atoms with Crippen molar-refractivity contribution < 1.29 is 56.5 Å². The van der Waals surface area contributed by atoms with Crippen LogP contribution < -0.4 is 35.3 Å². The average molecular weight is 1040 g/mol. The Bertz CT molecular complexity index is 2560. The zero-order valence-corrected chi connectivity index (χ0v) is 43.7. The van der Waals surface area contributed by atoms with E-state index in [-0.39, 0.29) is 57.2 Å². The van der Waals surface area contributed by atoms with Gasteiger partial charge in [0.25, 0.3) is 8.53 Å². The Morgan fingerprint density at radius 3 is 1.93 bits per heavy atom. The van der Waals surface area contributed by atoms with Crippen LogP contribution in [0.2, 0.25) is 0 Å². The number of methoxy groups -OCH3 is 2. The van der Waals surface area contributed by atoms with Crippen molar-refractivity contribution in [2.45, 2.75) is 76.7 Å². The Morgan fingerprint density at radius 1 is 0.784 bits per heavy atom. The Morgan fingerprint density at radius 2 is 1.36 bits per heavy atom. The summed E-state index contributed by atoms with van der Waals surface area (Å²) in [6, 6.07) is 33.4. The van der Waals surface area contributed by atoms with E-state index in [1.807, 2.05) is 78.9 Å². The first kappa shape index (κ1) is 55.6. The molecule has 4 atom stereocenters. The van der Waals surface area contributed by atoms with Gasteiger partial charge < -0.3 is 57.0 Å². The molecule has 0 radical (unpaired) electrons. The SMILES string of the molecule is COc1ccc(C(OC[C@H]2O[C@@H](n3ccc(NC(=O)Nc4ccc5c(c4)OCCOCCOCCOCCO5)nc3=O)C[C@@H]2OP(OCCC#N)N(C(C)C)C(C)C)(c2ccccc2)c2ccc(OC)cc2)cc1. The number of hydrogen-bond acceptors (Lipinski definition) is 16. The van der Waals surface area contributed by atoms with Crippen molar-refractivity contribution >= 4 is 26.1 Å². The fraction of sp³-hybridized carbons (Fsp3) is 0.444. The highest BCUT2D eigenvalue weighted by molar-refractivity contribution is 7.44. The minimum absolute atomic E-state index is 0.00916. The number of urea groups is 1. The number of nitrogens with one attached hydrogen (secondary N) is 2. The van der Waals surface area contributed by atoms with Crippen LogP contribution in [-0.4, -0.2) is 125 Å². The number of nitriles is 1. The normalized spacial score (nSPS) is 18.2. The molecule has 1 unspecified atom stereocenters.